The fourth-order valence-corrected chi connectivity index (χ4v) is 1.34. The Labute approximate surface area is 107 Å². The highest BCUT2D eigenvalue weighted by atomic mass is 16.5. The van der Waals surface area contributed by atoms with Crippen molar-refractivity contribution in [1.82, 2.24) is 4.98 Å². The van der Waals surface area contributed by atoms with Gasteiger partial charge in [0.1, 0.15) is 6.61 Å². The second-order valence-electron chi connectivity index (χ2n) is 4.42. The maximum Gasteiger partial charge on any atom is 0.358 e. The highest BCUT2D eigenvalue weighted by Gasteiger charge is 2.13. The zero-order valence-corrected chi connectivity index (χ0v) is 11.0. The third kappa shape index (κ3) is 4.71. The number of aromatic nitrogens is 1. The van der Waals surface area contributed by atoms with Crippen molar-refractivity contribution < 1.29 is 19.4 Å². The van der Waals surface area contributed by atoms with Gasteiger partial charge in [0.15, 0.2) is 11.4 Å². The topological polar surface area (TPSA) is 68.7 Å². The summed E-state index contributed by atoms with van der Waals surface area (Å²) in [7, 11) is 0. The van der Waals surface area contributed by atoms with Crippen LogP contribution in [-0.4, -0.2) is 35.9 Å². The first-order valence-corrected chi connectivity index (χ1v) is 5.92. The lowest BCUT2D eigenvalue weighted by Gasteiger charge is -2.10. The number of nitrogens with zero attached hydrogens (tertiary/aromatic N) is 1. The molecule has 0 unspecified atom stereocenters. The summed E-state index contributed by atoms with van der Waals surface area (Å²) < 4.78 is 10.7. The summed E-state index contributed by atoms with van der Waals surface area (Å²) in [5.41, 5.74) is 0.592. The number of carboxylic acid groups (broad SMARTS) is 1. The molecule has 100 valence electrons. The molecule has 0 radical (unpaired) electrons. The zero-order chi connectivity index (χ0) is 13.5. The molecule has 1 aromatic heterocycles. The number of carbonyl (C=O) groups is 1. The van der Waals surface area contributed by atoms with E-state index in [1.807, 2.05) is 0 Å². The van der Waals surface area contributed by atoms with Gasteiger partial charge in [0.05, 0.1) is 6.61 Å². The van der Waals surface area contributed by atoms with Crippen LogP contribution in [0.2, 0.25) is 0 Å². The summed E-state index contributed by atoms with van der Waals surface area (Å²) in [6.45, 7) is 7.28. The second kappa shape index (κ2) is 6.96. The van der Waals surface area contributed by atoms with Gasteiger partial charge < -0.3 is 14.6 Å². The average molecular weight is 253 g/mol. The molecule has 0 amide bonds. The van der Waals surface area contributed by atoms with Gasteiger partial charge in [-0.25, -0.2) is 9.78 Å². The van der Waals surface area contributed by atoms with E-state index >= 15 is 0 Å². The molecule has 18 heavy (non-hydrogen) atoms. The minimum atomic E-state index is -1.09. The van der Waals surface area contributed by atoms with Gasteiger partial charge in [0.25, 0.3) is 0 Å². The normalized spacial score (nSPS) is 10.7. The van der Waals surface area contributed by atoms with Crippen molar-refractivity contribution in [2.75, 3.05) is 19.8 Å². The van der Waals surface area contributed by atoms with E-state index in [0.717, 1.165) is 0 Å². The van der Waals surface area contributed by atoms with Crippen LogP contribution in [0.15, 0.2) is 12.1 Å². The summed E-state index contributed by atoms with van der Waals surface area (Å²) in [4.78, 5) is 14.9. The van der Waals surface area contributed by atoms with Crippen LogP contribution in [0.1, 0.15) is 30.0 Å². The first-order valence-electron chi connectivity index (χ1n) is 5.92. The molecular weight excluding hydrogens is 234 g/mol. The number of carboxylic acids is 1. The molecule has 0 aliphatic rings. The van der Waals surface area contributed by atoms with Crippen molar-refractivity contribution in [3.05, 3.63) is 23.5 Å². The molecule has 0 atom stereocenters. The lowest BCUT2D eigenvalue weighted by atomic mass is 10.2. The Morgan fingerprint density at radius 1 is 1.39 bits per heavy atom. The van der Waals surface area contributed by atoms with E-state index in [-0.39, 0.29) is 11.4 Å². The van der Waals surface area contributed by atoms with Crippen LogP contribution in [-0.2, 0) is 4.74 Å². The molecule has 1 aromatic rings. The number of hydrogen-bond donors (Lipinski definition) is 1. The monoisotopic (exact) mass is 253 g/mol. The summed E-state index contributed by atoms with van der Waals surface area (Å²) in [6, 6.07) is 3.34. The van der Waals surface area contributed by atoms with E-state index < -0.39 is 5.97 Å². The molecule has 0 saturated carbocycles. The van der Waals surface area contributed by atoms with E-state index in [1.165, 1.54) is 0 Å². The molecule has 0 aliphatic heterocycles. The predicted octanol–water partition coefficient (Wildman–Crippen LogP) is 2.14. The molecule has 1 heterocycles. The SMILES string of the molecule is Cc1ccc(OCCOCC(C)C)c(C(=O)O)n1. The number of aryl methyl sites for hydroxylation is 1. The summed E-state index contributed by atoms with van der Waals surface area (Å²) in [6.07, 6.45) is 0. The molecule has 0 aromatic carbocycles. The molecule has 0 aliphatic carbocycles. The minimum Gasteiger partial charge on any atom is -0.489 e. The Balaban J connectivity index is 2.49. The van der Waals surface area contributed by atoms with Crippen LogP contribution in [0, 0.1) is 12.8 Å². The molecule has 5 heteroatoms. The smallest absolute Gasteiger partial charge is 0.358 e. The van der Waals surface area contributed by atoms with E-state index in [2.05, 4.69) is 18.8 Å². The molecule has 1 N–H and O–H groups in total. The zero-order valence-electron chi connectivity index (χ0n) is 11.0. The third-order valence-corrected chi connectivity index (χ3v) is 2.14. The Hall–Kier alpha value is -1.62. The Bertz CT molecular complexity index is 404. The van der Waals surface area contributed by atoms with Gasteiger partial charge in [-0.1, -0.05) is 13.8 Å². The molecule has 5 nitrogen and oxygen atoms in total. The van der Waals surface area contributed by atoms with Gasteiger partial charge in [-0.05, 0) is 25.0 Å². The van der Waals surface area contributed by atoms with E-state index in [1.54, 1.807) is 19.1 Å². The van der Waals surface area contributed by atoms with E-state index in [9.17, 15) is 4.79 Å². The summed E-state index contributed by atoms with van der Waals surface area (Å²) in [5, 5.41) is 8.99. The van der Waals surface area contributed by atoms with E-state index in [0.29, 0.717) is 31.4 Å². The number of aromatic carboxylic acids is 1. The molecule has 0 bridgehead atoms. The molecule has 0 fully saturated rings. The van der Waals surface area contributed by atoms with E-state index in [4.69, 9.17) is 14.6 Å². The number of hydrogen-bond acceptors (Lipinski definition) is 4. The van der Waals surface area contributed by atoms with Gasteiger partial charge in [0, 0.05) is 12.3 Å². The minimum absolute atomic E-state index is 0.0566. The van der Waals surface area contributed by atoms with Crippen LogP contribution in [0.5, 0.6) is 5.75 Å². The standard InChI is InChI=1S/C13H19NO4/c1-9(2)8-17-6-7-18-11-5-4-10(3)14-12(11)13(15)16/h4-5,9H,6-8H2,1-3H3,(H,15,16). The van der Waals surface area contributed by atoms with Crippen LogP contribution in [0.25, 0.3) is 0 Å². The van der Waals surface area contributed by atoms with Crippen molar-refractivity contribution in [3.8, 4) is 5.75 Å². The fraction of sp³-hybridized carbons (Fsp3) is 0.538. The first kappa shape index (κ1) is 14.4. The highest BCUT2D eigenvalue weighted by molar-refractivity contribution is 5.88. The third-order valence-electron chi connectivity index (χ3n) is 2.14. The van der Waals surface area contributed by atoms with Crippen LogP contribution >= 0.6 is 0 Å². The second-order valence-corrected chi connectivity index (χ2v) is 4.42. The summed E-state index contributed by atoms with van der Waals surface area (Å²) in [5.74, 6) is -0.335. The molecule has 0 spiro atoms. The van der Waals surface area contributed by atoms with Gasteiger partial charge in [-0.15, -0.1) is 0 Å². The van der Waals surface area contributed by atoms with Crippen molar-refractivity contribution in [3.63, 3.8) is 0 Å². The number of rotatable bonds is 7. The first-order chi connectivity index (χ1) is 8.50. The Kier molecular flexibility index (Phi) is 5.58. The van der Waals surface area contributed by atoms with Crippen molar-refractivity contribution >= 4 is 5.97 Å². The highest BCUT2D eigenvalue weighted by Crippen LogP contribution is 2.16. The number of pyridine rings is 1. The summed E-state index contributed by atoms with van der Waals surface area (Å²) >= 11 is 0. The molecule has 0 saturated heterocycles. The Morgan fingerprint density at radius 3 is 2.72 bits per heavy atom. The quantitative estimate of drug-likeness (QED) is 0.754. The maximum absolute atomic E-state index is 11.0. The van der Waals surface area contributed by atoms with Crippen LogP contribution < -0.4 is 4.74 Å². The number of ether oxygens (including phenoxy) is 2. The van der Waals surface area contributed by atoms with Crippen molar-refractivity contribution in [1.29, 1.82) is 0 Å². The van der Waals surface area contributed by atoms with Crippen LogP contribution in [0.4, 0.5) is 0 Å². The van der Waals surface area contributed by atoms with Gasteiger partial charge in [-0.3, -0.25) is 0 Å². The lowest BCUT2D eigenvalue weighted by Crippen LogP contribution is -2.12. The largest absolute Gasteiger partial charge is 0.489 e. The molecule has 1 rings (SSSR count). The predicted molar refractivity (Wildman–Crippen MR) is 67.1 cm³/mol. The van der Waals surface area contributed by atoms with Gasteiger partial charge in [0.2, 0.25) is 0 Å². The Morgan fingerprint density at radius 2 is 2.11 bits per heavy atom. The van der Waals surface area contributed by atoms with Crippen LogP contribution in [0.3, 0.4) is 0 Å². The molecular formula is C13H19NO4. The van der Waals surface area contributed by atoms with Gasteiger partial charge in [-0.2, -0.15) is 0 Å². The lowest BCUT2D eigenvalue weighted by molar-refractivity contribution is 0.0669. The van der Waals surface area contributed by atoms with Gasteiger partial charge >= 0.3 is 5.97 Å². The average Bonchev–Trinajstić information content (AvgIpc) is 2.29. The van der Waals surface area contributed by atoms with Crippen molar-refractivity contribution in [2.45, 2.75) is 20.8 Å². The van der Waals surface area contributed by atoms with Crippen molar-refractivity contribution in [2.24, 2.45) is 5.92 Å². The fourth-order valence-electron chi connectivity index (χ4n) is 1.34. The maximum atomic E-state index is 11.0.